The third-order valence-corrected chi connectivity index (χ3v) is 6.77. The van der Waals surface area contributed by atoms with Crippen molar-refractivity contribution >= 4 is 29.3 Å². The van der Waals surface area contributed by atoms with E-state index in [0.29, 0.717) is 53.1 Å². The SMILES string of the molecule is COc1ccccc1CNC(=O)CCCc1nnc(SCc2ccccc2F)n1-c1cccc(Cl)c1. The van der Waals surface area contributed by atoms with Crippen LogP contribution in [0, 0.1) is 5.82 Å². The number of carbonyl (C=O) groups is 1. The van der Waals surface area contributed by atoms with Gasteiger partial charge in [0.15, 0.2) is 5.16 Å². The van der Waals surface area contributed by atoms with E-state index in [1.54, 1.807) is 25.3 Å². The minimum Gasteiger partial charge on any atom is -0.496 e. The van der Waals surface area contributed by atoms with Gasteiger partial charge in [-0.2, -0.15) is 0 Å². The predicted molar refractivity (Wildman–Crippen MR) is 140 cm³/mol. The maximum atomic E-state index is 14.1. The summed E-state index contributed by atoms with van der Waals surface area (Å²) in [5, 5.41) is 12.9. The number of hydrogen-bond acceptors (Lipinski definition) is 5. The Morgan fingerprint density at radius 1 is 1.06 bits per heavy atom. The molecule has 0 spiro atoms. The van der Waals surface area contributed by atoms with E-state index in [4.69, 9.17) is 16.3 Å². The van der Waals surface area contributed by atoms with Crippen molar-refractivity contribution in [1.29, 1.82) is 0 Å². The second kappa shape index (κ2) is 12.6. The molecule has 0 saturated heterocycles. The van der Waals surface area contributed by atoms with Crippen molar-refractivity contribution < 1.29 is 13.9 Å². The standard InChI is InChI=1S/C27H26ClFN4O2S/c1-35-24-13-5-3-8-19(24)17-30-26(34)15-7-14-25-31-32-27(33(25)22-11-6-10-21(28)16-22)36-18-20-9-2-4-12-23(20)29/h2-6,8-13,16H,7,14-15,17-18H2,1H3,(H,30,34). The van der Waals surface area contributed by atoms with Crippen molar-refractivity contribution in [3.8, 4) is 11.4 Å². The van der Waals surface area contributed by atoms with Crippen LogP contribution in [0.25, 0.3) is 5.69 Å². The number of ether oxygens (including phenoxy) is 1. The molecule has 3 aromatic carbocycles. The van der Waals surface area contributed by atoms with Crippen LogP contribution in [-0.2, 0) is 23.5 Å². The second-order valence-electron chi connectivity index (χ2n) is 8.04. The highest BCUT2D eigenvalue weighted by atomic mass is 35.5. The Morgan fingerprint density at radius 3 is 2.61 bits per heavy atom. The zero-order chi connectivity index (χ0) is 25.3. The van der Waals surface area contributed by atoms with Gasteiger partial charge >= 0.3 is 0 Å². The number of methoxy groups -OCH3 is 1. The Balaban J connectivity index is 1.42. The molecule has 36 heavy (non-hydrogen) atoms. The number of thioether (sulfide) groups is 1. The number of hydrogen-bond donors (Lipinski definition) is 1. The molecule has 0 aliphatic heterocycles. The molecule has 0 aliphatic rings. The fraction of sp³-hybridized carbons (Fsp3) is 0.222. The van der Waals surface area contributed by atoms with Gasteiger partial charge in [-0.25, -0.2) is 4.39 Å². The number of benzene rings is 3. The maximum absolute atomic E-state index is 14.1. The van der Waals surface area contributed by atoms with Gasteiger partial charge in [0.25, 0.3) is 0 Å². The molecule has 0 saturated carbocycles. The van der Waals surface area contributed by atoms with E-state index in [1.165, 1.54) is 17.8 Å². The van der Waals surface area contributed by atoms with Gasteiger partial charge in [0, 0.05) is 35.7 Å². The van der Waals surface area contributed by atoms with Crippen LogP contribution in [0.3, 0.4) is 0 Å². The number of aromatic nitrogens is 3. The number of para-hydroxylation sites is 1. The normalized spacial score (nSPS) is 10.9. The van der Waals surface area contributed by atoms with Crippen molar-refractivity contribution in [3.05, 3.63) is 101 Å². The van der Waals surface area contributed by atoms with Crippen LogP contribution < -0.4 is 10.1 Å². The first-order valence-corrected chi connectivity index (χ1v) is 12.9. The largest absolute Gasteiger partial charge is 0.496 e. The molecule has 0 atom stereocenters. The van der Waals surface area contributed by atoms with Gasteiger partial charge in [0.05, 0.1) is 12.8 Å². The molecule has 9 heteroatoms. The van der Waals surface area contributed by atoms with Crippen LogP contribution in [0.15, 0.2) is 78.0 Å². The molecule has 0 bridgehead atoms. The third-order valence-electron chi connectivity index (χ3n) is 5.55. The van der Waals surface area contributed by atoms with E-state index >= 15 is 0 Å². The number of aryl methyl sites for hydroxylation is 1. The summed E-state index contributed by atoms with van der Waals surface area (Å²) < 4.78 is 21.4. The lowest BCUT2D eigenvalue weighted by molar-refractivity contribution is -0.121. The summed E-state index contributed by atoms with van der Waals surface area (Å²) in [5.74, 6) is 1.57. The molecule has 1 amide bonds. The first-order valence-electron chi connectivity index (χ1n) is 11.5. The van der Waals surface area contributed by atoms with Gasteiger partial charge < -0.3 is 10.1 Å². The highest BCUT2D eigenvalue weighted by Crippen LogP contribution is 2.28. The average Bonchev–Trinajstić information content (AvgIpc) is 3.29. The van der Waals surface area contributed by atoms with Gasteiger partial charge in [0.1, 0.15) is 17.4 Å². The zero-order valence-electron chi connectivity index (χ0n) is 19.8. The number of halogens is 2. The minimum atomic E-state index is -0.252. The summed E-state index contributed by atoms with van der Waals surface area (Å²) in [6.45, 7) is 0.401. The molecular formula is C27H26ClFN4O2S. The highest BCUT2D eigenvalue weighted by molar-refractivity contribution is 7.98. The molecule has 186 valence electrons. The molecule has 1 heterocycles. The molecule has 4 aromatic rings. The van der Waals surface area contributed by atoms with Crippen molar-refractivity contribution in [2.45, 2.75) is 36.7 Å². The first-order chi connectivity index (χ1) is 17.5. The van der Waals surface area contributed by atoms with E-state index in [1.807, 2.05) is 53.1 Å². The molecule has 0 aliphatic carbocycles. The highest BCUT2D eigenvalue weighted by Gasteiger charge is 2.16. The summed E-state index contributed by atoms with van der Waals surface area (Å²) in [5.41, 5.74) is 2.33. The fourth-order valence-corrected chi connectivity index (χ4v) is 4.87. The summed E-state index contributed by atoms with van der Waals surface area (Å²) in [6.07, 6.45) is 1.48. The third kappa shape index (κ3) is 6.65. The predicted octanol–water partition coefficient (Wildman–Crippen LogP) is 6.00. The monoisotopic (exact) mass is 524 g/mol. The van der Waals surface area contributed by atoms with E-state index in [-0.39, 0.29) is 11.7 Å². The van der Waals surface area contributed by atoms with Crippen molar-refractivity contribution in [3.63, 3.8) is 0 Å². The first kappa shape index (κ1) is 25.7. The molecule has 0 unspecified atom stereocenters. The number of nitrogens with zero attached hydrogens (tertiary/aromatic N) is 3. The Morgan fingerprint density at radius 2 is 1.83 bits per heavy atom. The van der Waals surface area contributed by atoms with Gasteiger partial charge in [-0.3, -0.25) is 9.36 Å². The molecule has 0 fully saturated rings. The topological polar surface area (TPSA) is 69.0 Å². The lowest BCUT2D eigenvalue weighted by Gasteiger charge is -2.11. The van der Waals surface area contributed by atoms with Crippen LogP contribution in [0.5, 0.6) is 5.75 Å². The summed E-state index contributed by atoms with van der Waals surface area (Å²) >= 11 is 7.64. The van der Waals surface area contributed by atoms with E-state index in [0.717, 1.165) is 17.0 Å². The Hall–Kier alpha value is -3.36. The summed E-state index contributed by atoms with van der Waals surface area (Å²) in [4.78, 5) is 12.5. The smallest absolute Gasteiger partial charge is 0.220 e. The summed E-state index contributed by atoms with van der Waals surface area (Å²) in [6, 6.07) is 21.7. The number of carbonyl (C=O) groups excluding carboxylic acids is 1. The fourth-order valence-electron chi connectivity index (χ4n) is 3.73. The van der Waals surface area contributed by atoms with Crippen LogP contribution in [0.4, 0.5) is 4.39 Å². The van der Waals surface area contributed by atoms with Crippen LogP contribution in [0.1, 0.15) is 29.8 Å². The average molecular weight is 525 g/mol. The van der Waals surface area contributed by atoms with Gasteiger partial charge in [0.2, 0.25) is 5.91 Å². The number of nitrogens with one attached hydrogen (secondary N) is 1. The van der Waals surface area contributed by atoms with Crippen molar-refractivity contribution in [2.24, 2.45) is 0 Å². The lowest BCUT2D eigenvalue weighted by atomic mass is 10.2. The van der Waals surface area contributed by atoms with Gasteiger partial charge in [-0.15, -0.1) is 10.2 Å². The Bertz CT molecular complexity index is 1330. The van der Waals surface area contributed by atoms with Crippen molar-refractivity contribution in [2.75, 3.05) is 7.11 Å². The molecule has 4 rings (SSSR count). The molecule has 1 N–H and O–H groups in total. The Kier molecular flexibility index (Phi) is 8.97. The lowest BCUT2D eigenvalue weighted by Crippen LogP contribution is -2.23. The van der Waals surface area contributed by atoms with Crippen LogP contribution in [-0.4, -0.2) is 27.8 Å². The molecular weight excluding hydrogens is 499 g/mol. The van der Waals surface area contributed by atoms with E-state index in [9.17, 15) is 9.18 Å². The maximum Gasteiger partial charge on any atom is 0.220 e. The molecule has 0 radical (unpaired) electrons. The minimum absolute atomic E-state index is 0.0520. The summed E-state index contributed by atoms with van der Waals surface area (Å²) in [7, 11) is 1.61. The van der Waals surface area contributed by atoms with Crippen molar-refractivity contribution in [1.82, 2.24) is 20.1 Å². The zero-order valence-corrected chi connectivity index (χ0v) is 21.4. The second-order valence-corrected chi connectivity index (χ2v) is 9.42. The van der Waals surface area contributed by atoms with E-state index in [2.05, 4.69) is 15.5 Å². The van der Waals surface area contributed by atoms with Gasteiger partial charge in [-0.05, 0) is 42.3 Å². The quantitative estimate of drug-likeness (QED) is 0.244. The van der Waals surface area contributed by atoms with Crippen LogP contribution in [0.2, 0.25) is 5.02 Å². The van der Waals surface area contributed by atoms with Crippen LogP contribution >= 0.6 is 23.4 Å². The molecule has 6 nitrogen and oxygen atoms in total. The molecule has 1 aromatic heterocycles. The number of rotatable bonds is 11. The van der Waals surface area contributed by atoms with E-state index < -0.39 is 0 Å². The van der Waals surface area contributed by atoms with Gasteiger partial charge in [-0.1, -0.05) is 65.8 Å². The Labute approximate surface area is 218 Å². The number of amides is 1.